The highest BCUT2D eigenvalue weighted by Crippen LogP contribution is 2.51. The minimum atomic E-state index is 0.0371. The molecule has 2 heterocycles. The number of fused-ring (bicyclic) bond motifs is 4. The SMILES string of the molecule is CC1(C)C2=CC=C[C@@H]3C2B(c2ccccc2N3c2ccccc2)c2ccccc21. The van der Waals surface area contributed by atoms with Crippen LogP contribution in [0.1, 0.15) is 19.4 Å². The van der Waals surface area contributed by atoms with Crippen molar-refractivity contribution in [3.8, 4) is 0 Å². The number of para-hydroxylation sites is 2. The molecule has 0 spiro atoms. The van der Waals surface area contributed by atoms with E-state index < -0.39 is 0 Å². The summed E-state index contributed by atoms with van der Waals surface area (Å²) in [6.45, 7) is 5.20. The molecule has 2 aliphatic heterocycles. The number of anilines is 2. The zero-order valence-electron chi connectivity index (χ0n) is 16.9. The van der Waals surface area contributed by atoms with Crippen LogP contribution < -0.4 is 15.8 Å². The number of allylic oxidation sites excluding steroid dienone is 2. The third-order valence-corrected chi connectivity index (χ3v) is 7.22. The van der Waals surface area contributed by atoms with Gasteiger partial charge in [-0.1, -0.05) is 109 Å². The lowest BCUT2D eigenvalue weighted by Crippen LogP contribution is -2.64. The molecule has 0 amide bonds. The van der Waals surface area contributed by atoms with Gasteiger partial charge in [0, 0.05) is 16.8 Å². The lowest BCUT2D eigenvalue weighted by Gasteiger charge is -2.54. The molecular weight excluding hydrogens is 349 g/mol. The summed E-state index contributed by atoms with van der Waals surface area (Å²) in [5.74, 6) is 0.444. The van der Waals surface area contributed by atoms with Crippen LogP contribution in [0, 0.1) is 0 Å². The van der Waals surface area contributed by atoms with Crippen molar-refractivity contribution in [2.45, 2.75) is 31.1 Å². The van der Waals surface area contributed by atoms with Gasteiger partial charge in [-0.3, -0.25) is 0 Å². The van der Waals surface area contributed by atoms with E-state index in [0.717, 1.165) is 0 Å². The van der Waals surface area contributed by atoms with Crippen LogP contribution >= 0.6 is 0 Å². The van der Waals surface area contributed by atoms with E-state index in [0.29, 0.717) is 18.6 Å². The summed E-state index contributed by atoms with van der Waals surface area (Å²) in [5.41, 5.74) is 8.63. The van der Waals surface area contributed by atoms with E-state index in [1.165, 1.54) is 27.9 Å². The van der Waals surface area contributed by atoms with Crippen LogP contribution in [-0.4, -0.2) is 12.8 Å². The second-order valence-corrected chi connectivity index (χ2v) is 8.98. The Morgan fingerprint density at radius 2 is 1.48 bits per heavy atom. The van der Waals surface area contributed by atoms with Gasteiger partial charge in [0.1, 0.15) is 0 Å². The Bertz CT molecular complexity index is 1160. The van der Waals surface area contributed by atoms with Crippen molar-refractivity contribution in [2.75, 3.05) is 4.90 Å². The normalized spacial score (nSPS) is 23.0. The summed E-state index contributed by atoms with van der Waals surface area (Å²) < 4.78 is 0. The second kappa shape index (κ2) is 6.00. The fourth-order valence-electron chi connectivity index (χ4n) is 6.01. The zero-order chi connectivity index (χ0) is 19.6. The van der Waals surface area contributed by atoms with Crippen LogP contribution in [0.3, 0.4) is 0 Å². The minimum Gasteiger partial charge on any atom is -0.335 e. The molecule has 29 heavy (non-hydrogen) atoms. The van der Waals surface area contributed by atoms with Crippen molar-refractivity contribution < 1.29 is 0 Å². The molecule has 2 heteroatoms. The van der Waals surface area contributed by atoms with Crippen LogP contribution in [0.15, 0.2) is 103 Å². The molecule has 2 atom stereocenters. The maximum absolute atomic E-state index is 2.56. The lowest BCUT2D eigenvalue weighted by molar-refractivity contribution is 0.557. The van der Waals surface area contributed by atoms with E-state index in [9.17, 15) is 0 Å². The van der Waals surface area contributed by atoms with Gasteiger partial charge in [0.2, 0.25) is 6.71 Å². The molecule has 6 rings (SSSR count). The van der Waals surface area contributed by atoms with Crippen molar-refractivity contribution in [2.24, 2.45) is 0 Å². The number of hydrogen-bond acceptors (Lipinski definition) is 1. The smallest absolute Gasteiger partial charge is 0.221 e. The van der Waals surface area contributed by atoms with Crippen molar-refractivity contribution >= 4 is 29.0 Å². The Morgan fingerprint density at radius 1 is 0.793 bits per heavy atom. The van der Waals surface area contributed by atoms with Crippen LogP contribution in [0.25, 0.3) is 0 Å². The number of benzene rings is 3. The minimum absolute atomic E-state index is 0.0371. The van der Waals surface area contributed by atoms with E-state index in [1.807, 2.05) is 0 Å². The van der Waals surface area contributed by atoms with Crippen LogP contribution in [0.4, 0.5) is 11.4 Å². The molecule has 1 nitrogen and oxygen atoms in total. The molecule has 0 saturated heterocycles. The fraction of sp³-hybridized carbons (Fsp3) is 0.185. The molecule has 0 radical (unpaired) electrons. The molecule has 0 N–H and O–H groups in total. The van der Waals surface area contributed by atoms with Gasteiger partial charge in [-0.15, -0.1) is 0 Å². The van der Waals surface area contributed by atoms with Crippen LogP contribution in [-0.2, 0) is 5.41 Å². The average molecular weight is 373 g/mol. The molecule has 0 saturated carbocycles. The van der Waals surface area contributed by atoms with Gasteiger partial charge in [-0.25, -0.2) is 0 Å². The monoisotopic (exact) mass is 373 g/mol. The molecule has 0 fully saturated rings. The summed E-state index contributed by atoms with van der Waals surface area (Å²) in [6, 6.07) is 29.3. The Kier molecular flexibility index (Phi) is 3.50. The summed E-state index contributed by atoms with van der Waals surface area (Å²) >= 11 is 0. The maximum atomic E-state index is 2.56. The molecule has 3 aromatic rings. The van der Waals surface area contributed by atoms with Crippen molar-refractivity contribution in [1.29, 1.82) is 0 Å². The highest BCUT2D eigenvalue weighted by atomic mass is 15.2. The first kappa shape index (κ1) is 16.9. The Morgan fingerprint density at radius 3 is 2.31 bits per heavy atom. The Labute approximate surface area is 173 Å². The number of hydrogen-bond donors (Lipinski definition) is 0. The number of rotatable bonds is 1. The average Bonchev–Trinajstić information content (AvgIpc) is 2.77. The van der Waals surface area contributed by atoms with E-state index >= 15 is 0 Å². The van der Waals surface area contributed by atoms with Gasteiger partial charge in [-0.2, -0.15) is 0 Å². The zero-order valence-corrected chi connectivity index (χ0v) is 16.9. The van der Waals surface area contributed by atoms with Gasteiger partial charge < -0.3 is 4.90 Å². The standard InChI is InChI=1S/C27H24BN/c1-27(2)20-13-6-7-15-22(20)28-23-16-8-9-17-24(23)29(19-11-4-3-5-12-19)25-18-10-14-21(27)26(25)28/h3-18,25-26H,1-2H3/t25-,26?/m1/s1. The quantitative estimate of drug-likeness (QED) is 0.544. The first-order valence-corrected chi connectivity index (χ1v) is 10.6. The molecule has 0 bridgehead atoms. The van der Waals surface area contributed by atoms with Gasteiger partial charge in [-0.05, 0) is 29.6 Å². The van der Waals surface area contributed by atoms with E-state index in [1.54, 1.807) is 5.57 Å². The predicted molar refractivity (Wildman–Crippen MR) is 124 cm³/mol. The molecule has 1 unspecified atom stereocenters. The molecule has 1 aliphatic carbocycles. The Hall–Kier alpha value is -3.00. The van der Waals surface area contributed by atoms with Crippen LogP contribution in [0.2, 0.25) is 5.82 Å². The molecular formula is C27H24BN. The molecule has 0 aromatic heterocycles. The lowest BCUT2D eigenvalue weighted by atomic mass is 9.25. The van der Waals surface area contributed by atoms with E-state index in [2.05, 4.69) is 116 Å². The van der Waals surface area contributed by atoms with Crippen molar-refractivity contribution in [1.82, 2.24) is 0 Å². The van der Waals surface area contributed by atoms with Gasteiger partial charge in [0.05, 0.1) is 6.04 Å². The summed E-state index contributed by atoms with van der Waals surface area (Å²) in [4.78, 5) is 2.56. The largest absolute Gasteiger partial charge is 0.335 e. The van der Waals surface area contributed by atoms with Crippen LogP contribution in [0.5, 0.6) is 0 Å². The molecule has 3 aromatic carbocycles. The third-order valence-electron chi connectivity index (χ3n) is 7.22. The van der Waals surface area contributed by atoms with Gasteiger partial charge in [0.25, 0.3) is 0 Å². The highest BCUT2D eigenvalue weighted by Gasteiger charge is 2.53. The first-order valence-electron chi connectivity index (χ1n) is 10.6. The third kappa shape index (κ3) is 2.23. The number of nitrogens with zero attached hydrogens (tertiary/aromatic N) is 1. The topological polar surface area (TPSA) is 3.24 Å². The summed E-state index contributed by atoms with van der Waals surface area (Å²) in [6.07, 6.45) is 7.09. The molecule has 140 valence electrons. The predicted octanol–water partition coefficient (Wildman–Crippen LogP) is 4.97. The summed E-state index contributed by atoms with van der Waals surface area (Å²) in [7, 11) is 0. The maximum Gasteiger partial charge on any atom is 0.221 e. The highest BCUT2D eigenvalue weighted by molar-refractivity contribution is 6.89. The van der Waals surface area contributed by atoms with Gasteiger partial charge >= 0.3 is 0 Å². The molecule has 3 aliphatic rings. The van der Waals surface area contributed by atoms with E-state index in [4.69, 9.17) is 0 Å². The van der Waals surface area contributed by atoms with Crippen molar-refractivity contribution in [3.63, 3.8) is 0 Å². The van der Waals surface area contributed by atoms with E-state index in [-0.39, 0.29) is 5.41 Å². The fourth-order valence-corrected chi connectivity index (χ4v) is 6.01. The van der Waals surface area contributed by atoms with Gasteiger partial charge in [0.15, 0.2) is 0 Å². The first-order chi connectivity index (χ1) is 14.2. The summed E-state index contributed by atoms with van der Waals surface area (Å²) in [5, 5.41) is 0. The Balaban J connectivity index is 1.68. The van der Waals surface area contributed by atoms with Crippen molar-refractivity contribution in [3.05, 3.63) is 108 Å². The second-order valence-electron chi connectivity index (χ2n) is 8.98.